The van der Waals surface area contributed by atoms with Crippen molar-refractivity contribution in [3.63, 3.8) is 0 Å². The normalized spacial score (nSPS) is 21.4. The molecule has 2 aliphatic heterocycles. The van der Waals surface area contributed by atoms with Crippen LogP contribution in [0.4, 0.5) is 0 Å². The number of carbonyl (C=O) groups is 1. The number of nitrogens with zero attached hydrogens (tertiary/aromatic N) is 1. The molecule has 0 radical (unpaired) electrons. The maximum absolute atomic E-state index is 12.9. The van der Waals surface area contributed by atoms with Gasteiger partial charge in [-0.1, -0.05) is 24.3 Å². The smallest absolute Gasteiger partial charge is 0.254 e. The Bertz CT molecular complexity index is 897. The van der Waals surface area contributed by atoms with E-state index in [9.17, 15) is 15.0 Å². The van der Waals surface area contributed by atoms with Gasteiger partial charge < -0.3 is 19.8 Å². The second-order valence-corrected chi connectivity index (χ2v) is 7.32. The predicted molar refractivity (Wildman–Crippen MR) is 103 cm³/mol. The van der Waals surface area contributed by atoms with Crippen LogP contribution in [0.5, 0.6) is 17.2 Å². The fourth-order valence-electron chi connectivity index (χ4n) is 3.80. The van der Waals surface area contributed by atoms with Crippen LogP contribution in [0, 0.1) is 6.92 Å². The molecule has 0 aromatic heterocycles. The van der Waals surface area contributed by atoms with Gasteiger partial charge in [-0.3, -0.25) is 4.79 Å². The number of fused-ring (bicyclic) bond motifs is 1. The molecule has 2 aromatic carbocycles. The van der Waals surface area contributed by atoms with Crippen molar-refractivity contribution in [1.82, 2.24) is 4.90 Å². The summed E-state index contributed by atoms with van der Waals surface area (Å²) in [6.07, 6.45) is 6.58. The largest absolute Gasteiger partial charge is 0.508 e. The topological polar surface area (TPSA) is 70.0 Å². The number of aromatic hydroxyl groups is 2. The van der Waals surface area contributed by atoms with Gasteiger partial charge in [-0.05, 0) is 44.0 Å². The van der Waals surface area contributed by atoms with Gasteiger partial charge in [-0.2, -0.15) is 0 Å². The number of carbonyl (C=O) groups excluding carboxylic acids is 1. The molecule has 0 unspecified atom stereocenters. The zero-order valence-corrected chi connectivity index (χ0v) is 15.3. The van der Waals surface area contributed by atoms with E-state index in [1.165, 1.54) is 12.1 Å². The molecule has 1 spiro atoms. The average Bonchev–Trinajstić information content (AvgIpc) is 2.87. The number of ether oxygens (including phenoxy) is 1. The summed E-state index contributed by atoms with van der Waals surface area (Å²) in [6.45, 7) is 2.79. The van der Waals surface area contributed by atoms with Crippen LogP contribution in [0.15, 0.2) is 42.5 Å². The van der Waals surface area contributed by atoms with E-state index in [-0.39, 0.29) is 23.0 Å². The van der Waals surface area contributed by atoms with Gasteiger partial charge in [0.1, 0.15) is 22.8 Å². The van der Waals surface area contributed by atoms with Crippen LogP contribution in [0.3, 0.4) is 0 Å². The first-order chi connectivity index (χ1) is 13.0. The molecule has 2 heterocycles. The maximum Gasteiger partial charge on any atom is 0.254 e. The van der Waals surface area contributed by atoms with Gasteiger partial charge in [0.2, 0.25) is 0 Å². The first-order valence-electron chi connectivity index (χ1n) is 9.27. The molecule has 1 amide bonds. The summed E-state index contributed by atoms with van der Waals surface area (Å²) in [5, 5.41) is 19.8. The molecule has 0 bridgehead atoms. The summed E-state index contributed by atoms with van der Waals surface area (Å²) in [4.78, 5) is 14.7. The molecular formula is C22H23NO4. The van der Waals surface area contributed by atoms with Crippen LogP contribution in [0.2, 0.25) is 0 Å². The monoisotopic (exact) mass is 365 g/mol. The summed E-state index contributed by atoms with van der Waals surface area (Å²) in [7, 11) is 0. The minimum Gasteiger partial charge on any atom is -0.508 e. The highest BCUT2D eigenvalue weighted by Crippen LogP contribution is 2.37. The van der Waals surface area contributed by atoms with Gasteiger partial charge >= 0.3 is 0 Å². The molecular weight excluding hydrogens is 342 g/mol. The van der Waals surface area contributed by atoms with E-state index in [4.69, 9.17) is 4.74 Å². The molecule has 5 heteroatoms. The molecule has 140 valence electrons. The van der Waals surface area contributed by atoms with Gasteiger partial charge in [0, 0.05) is 36.2 Å². The molecule has 2 aliphatic rings. The summed E-state index contributed by atoms with van der Waals surface area (Å²) in [6, 6.07) is 10.8. The van der Waals surface area contributed by atoms with Crippen molar-refractivity contribution in [2.75, 3.05) is 13.1 Å². The Morgan fingerprint density at radius 3 is 2.63 bits per heavy atom. The van der Waals surface area contributed by atoms with Gasteiger partial charge in [-0.25, -0.2) is 0 Å². The van der Waals surface area contributed by atoms with E-state index in [0.717, 1.165) is 24.2 Å². The molecule has 1 fully saturated rings. The Hall–Kier alpha value is -2.95. The highest BCUT2D eigenvalue weighted by molar-refractivity contribution is 5.95. The van der Waals surface area contributed by atoms with Crippen molar-refractivity contribution in [3.8, 4) is 17.2 Å². The van der Waals surface area contributed by atoms with E-state index >= 15 is 0 Å². The second kappa shape index (κ2) is 6.65. The van der Waals surface area contributed by atoms with Gasteiger partial charge in [0.25, 0.3) is 5.91 Å². The van der Waals surface area contributed by atoms with Crippen molar-refractivity contribution in [3.05, 3.63) is 59.2 Å². The van der Waals surface area contributed by atoms with Crippen LogP contribution < -0.4 is 4.74 Å². The minimum absolute atomic E-state index is 0.0696. The number of likely N-dealkylation sites (tertiary alicyclic amines) is 1. The molecule has 5 nitrogen and oxygen atoms in total. The Balaban J connectivity index is 1.52. The number of amides is 1. The van der Waals surface area contributed by atoms with Crippen molar-refractivity contribution >= 4 is 12.0 Å². The summed E-state index contributed by atoms with van der Waals surface area (Å²) in [5.41, 5.74) is 1.37. The van der Waals surface area contributed by atoms with Crippen molar-refractivity contribution in [2.24, 2.45) is 0 Å². The first kappa shape index (κ1) is 17.5. The second-order valence-electron chi connectivity index (χ2n) is 7.32. The van der Waals surface area contributed by atoms with E-state index in [1.807, 2.05) is 24.3 Å². The van der Waals surface area contributed by atoms with E-state index in [1.54, 1.807) is 11.8 Å². The molecule has 1 atom stereocenters. The molecule has 0 aliphatic carbocycles. The van der Waals surface area contributed by atoms with Crippen LogP contribution in [-0.2, 0) is 0 Å². The fourth-order valence-corrected chi connectivity index (χ4v) is 3.80. The highest BCUT2D eigenvalue weighted by atomic mass is 16.5. The fraction of sp³-hybridized carbons (Fsp3) is 0.318. The number of para-hydroxylation sites is 1. The lowest BCUT2D eigenvalue weighted by molar-refractivity contribution is 0.0729. The lowest BCUT2D eigenvalue weighted by atomic mass is 9.91. The summed E-state index contributed by atoms with van der Waals surface area (Å²) in [5.74, 6) is 0.561. The Kier molecular flexibility index (Phi) is 4.30. The van der Waals surface area contributed by atoms with E-state index < -0.39 is 0 Å². The Morgan fingerprint density at radius 2 is 1.85 bits per heavy atom. The summed E-state index contributed by atoms with van der Waals surface area (Å²) >= 11 is 0. The number of rotatable bonds is 1. The zero-order valence-electron chi connectivity index (χ0n) is 15.3. The standard InChI is InChI=1S/C22H23NO4/c1-15-18(24)13-17(14-19(15)25)21(26)23-11-4-8-22(10-12-23)9-7-16-5-2-3-6-20(16)27-22/h2-3,5-7,9,13-14,24-25H,4,8,10-12H2,1H3/t22-/m1/s1. The molecule has 2 N–H and O–H groups in total. The van der Waals surface area contributed by atoms with Gasteiger partial charge in [0.15, 0.2) is 0 Å². The maximum atomic E-state index is 12.9. The molecule has 4 rings (SSSR count). The minimum atomic E-state index is -0.388. The van der Waals surface area contributed by atoms with Gasteiger partial charge in [-0.15, -0.1) is 0 Å². The van der Waals surface area contributed by atoms with Crippen LogP contribution in [-0.4, -0.2) is 39.7 Å². The number of hydrogen-bond acceptors (Lipinski definition) is 4. The number of benzene rings is 2. The lowest BCUT2D eigenvalue weighted by Crippen LogP contribution is -2.38. The third-order valence-electron chi connectivity index (χ3n) is 5.52. The lowest BCUT2D eigenvalue weighted by Gasteiger charge is -2.34. The number of phenolic OH excluding ortho intramolecular Hbond substituents is 2. The van der Waals surface area contributed by atoms with Crippen LogP contribution >= 0.6 is 0 Å². The van der Waals surface area contributed by atoms with Crippen molar-refractivity contribution < 1.29 is 19.7 Å². The molecule has 1 saturated heterocycles. The number of phenols is 2. The summed E-state index contributed by atoms with van der Waals surface area (Å²) < 4.78 is 6.32. The molecule has 0 saturated carbocycles. The van der Waals surface area contributed by atoms with E-state index in [2.05, 4.69) is 12.2 Å². The first-order valence-corrected chi connectivity index (χ1v) is 9.27. The average molecular weight is 365 g/mol. The van der Waals surface area contributed by atoms with Gasteiger partial charge in [0.05, 0.1) is 0 Å². The van der Waals surface area contributed by atoms with E-state index in [0.29, 0.717) is 30.6 Å². The van der Waals surface area contributed by atoms with Crippen molar-refractivity contribution in [2.45, 2.75) is 31.8 Å². The Labute approximate surface area is 158 Å². The number of hydrogen-bond donors (Lipinski definition) is 2. The highest BCUT2D eigenvalue weighted by Gasteiger charge is 2.36. The van der Waals surface area contributed by atoms with Crippen LogP contribution in [0.25, 0.3) is 6.08 Å². The zero-order chi connectivity index (χ0) is 19.0. The molecule has 27 heavy (non-hydrogen) atoms. The molecule has 2 aromatic rings. The quantitative estimate of drug-likeness (QED) is 0.805. The van der Waals surface area contributed by atoms with Crippen molar-refractivity contribution in [1.29, 1.82) is 0 Å². The SMILES string of the molecule is Cc1c(O)cc(C(=O)N2CCC[C@@]3(C=Cc4ccccc4O3)CC2)cc1O. The van der Waals surface area contributed by atoms with Crippen LogP contribution in [0.1, 0.15) is 40.7 Å². The third-order valence-corrected chi connectivity index (χ3v) is 5.52. The predicted octanol–water partition coefficient (Wildman–Crippen LogP) is 3.88. The third kappa shape index (κ3) is 3.25. The Morgan fingerprint density at radius 1 is 1.11 bits per heavy atom.